The smallest absolute Gasteiger partial charge is 0.407 e. The van der Waals surface area contributed by atoms with Crippen molar-refractivity contribution >= 4 is 23.5 Å². The third-order valence-corrected chi connectivity index (χ3v) is 6.67. The zero-order chi connectivity index (χ0) is 25.9. The number of hydrogen-bond donors (Lipinski definition) is 2. The molecule has 3 aromatic rings. The first-order chi connectivity index (χ1) is 17.2. The first-order valence-corrected chi connectivity index (χ1v) is 12.7. The van der Waals surface area contributed by atoms with Crippen LogP contribution in [0.25, 0.3) is 16.9 Å². The van der Waals surface area contributed by atoms with Gasteiger partial charge in [0.2, 0.25) is 0 Å². The summed E-state index contributed by atoms with van der Waals surface area (Å²) in [5.74, 6) is 0.773. The van der Waals surface area contributed by atoms with Crippen LogP contribution in [0.15, 0.2) is 42.6 Å². The number of rotatable bonds is 7. The molecule has 1 saturated heterocycles. The van der Waals surface area contributed by atoms with E-state index in [1.165, 1.54) is 4.90 Å². The second-order valence-electron chi connectivity index (χ2n) is 10.3. The highest BCUT2D eigenvalue weighted by Gasteiger charge is 2.36. The van der Waals surface area contributed by atoms with Crippen LogP contribution in [0.5, 0.6) is 0 Å². The molecule has 9 nitrogen and oxygen atoms in total. The number of anilines is 1. The average Bonchev–Trinajstić information content (AvgIpc) is 3.26. The summed E-state index contributed by atoms with van der Waals surface area (Å²) in [4.78, 5) is 32.8. The summed E-state index contributed by atoms with van der Waals surface area (Å²) in [6.07, 6.45) is 4.35. The highest BCUT2D eigenvalue weighted by Crippen LogP contribution is 2.26. The van der Waals surface area contributed by atoms with Gasteiger partial charge in [0.25, 0.3) is 5.91 Å². The monoisotopic (exact) mass is 492 g/mol. The maximum atomic E-state index is 13.1. The van der Waals surface area contributed by atoms with E-state index in [2.05, 4.69) is 22.3 Å². The minimum absolute atomic E-state index is 0.0312. The molecule has 0 aliphatic carbocycles. The molecule has 2 N–H and O–H groups in total. The Morgan fingerprint density at radius 3 is 2.42 bits per heavy atom. The number of nitrogens with one attached hydrogen (secondary N) is 1. The van der Waals surface area contributed by atoms with Crippen molar-refractivity contribution in [3.05, 3.63) is 48.2 Å². The maximum Gasteiger partial charge on any atom is 0.407 e. The second kappa shape index (κ2) is 10.6. The van der Waals surface area contributed by atoms with Gasteiger partial charge in [-0.3, -0.25) is 4.79 Å². The van der Waals surface area contributed by atoms with E-state index < -0.39 is 11.6 Å². The van der Waals surface area contributed by atoms with Crippen LogP contribution < -0.4 is 5.32 Å². The molecule has 36 heavy (non-hydrogen) atoms. The van der Waals surface area contributed by atoms with Crippen molar-refractivity contribution in [2.45, 2.75) is 65.0 Å². The lowest BCUT2D eigenvalue weighted by molar-refractivity contribution is 0.0384. The highest BCUT2D eigenvalue weighted by molar-refractivity contribution is 5.94. The lowest BCUT2D eigenvalue weighted by Crippen LogP contribution is -2.55. The molecule has 0 radical (unpaired) electrons. The molecular formula is C27H36N6O3. The van der Waals surface area contributed by atoms with E-state index in [4.69, 9.17) is 0 Å². The summed E-state index contributed by atoms with van der Waals surface area (Å²) in [7, 11) is 0. The number of likely N-dealkylation sites (tertiary alicyclic amines) is 1. The molecule has 1 aliphatic heterocycles. The van der Waals surface area contributed by atoms with E-state index in [0.29, 0.717) is 31.5 Å². The number of benzene rings is 1. The van der Waals surface area contributed by atoms with Crippen LogP contribution in [-0.4, -0.2) is 72.7 Å². The summed E-state index contributed by atoms with van der Waals surface area (Å²) in [6, 6.07) is 11.3. The number of nitrogens with zero attached hydrogens (tertiary/aromatic N) is 5. The highest BCUT2D eigenvalue weighted by atomic mass is 16.4. The van der Waals surface area contributed by atoms with Crippen molar-refractivity contribution in [2.75, 3.05) is 25.0 Å². The van der Waals surface area contributed by atoms with Gasteiger partial charge < -0.3 is 20.2 Å². The number of piperidine rings is 1. The van der Waals surface area contributed by atoms with E-state index in [9.17, 15) is 14.7 Å². The molecule has 0 unspecified atom stereocenters. The predicted octanol–water partition coefficient (Wildman–Crippen LogP) is 4.99. The molecule has 9 heteroatoms. The molecule has 0 bridgehead atoms. The Kier molecular flexibility index (Phi) is 7.47. The molecule has 0 atom stereocenters. The summed E-state index contributed by atoms with van der Waals surface area (Å²) < 4.78 is 1.82. The zero-order valence-corrected chi connectivity index (χ0v) is 21.6. The van der Waals surface area contributed by atoms with Gasteiger partial charge in [-0.2, -0.15) is 0 Å². The normalized spacial score (nSPS) is 14.7. The Balaban J connectivity index is 1.44. The third-order valence-electron chi connectivity index (χ3n) is 6.67. The number of amides is 2. The number of fused-ring (bicyclic) bond motifs is 1. The molecule has 1 aliphatic rings. The molecule has 0 saturated carbocycles. The Morgan fingerprint density at radius 1 is 1.11 bits per heavy atom. The fraction of sp³-hybridized carbons (Fsp3) is 0.481. The summed E-state index contributed by atoms with van der Waals surface area (Å²) in [6.45, 7) is 9.82. The molecule has 2 amide bonds. The molecule has 0 spiro atoms. The Hall–Kier alpha value is -3.62. The van der Waals surface area contributed by atoms with Crippen molar-refractivity contribution < 1.29 is 14.7 Å². The number of carboxylic acid groups (broad SMARTS) is 1. The van der Waals surface area contributed by atoms with Crippen LogP contribution in [0.2, 0.25) is 0 Å². The van der Waals surface area contributed by atoms with Gasteiger partial charge in [-0.05, 0) is 64.3 Å². The first kappa shape index (κ1) is 25.5. The molecule has 1 fully saturated rings. The minimum Gasteiger partial charge on any atom is -0.465 e. The average molecular weight is 493 g/mol. The van der Waals surface area contributed by atoms with E-state index in [1.54, 1.807) is 6.20 Å². The quantitative estimate of drug-likeness (QED) is 0.451. The van der Waals surface area contributed by atoms with Gasteiger partial charge in [0.1, 0.15) is 5.82 Å². The van der Waals surface area contributed by atoms with Gasteiger partial charge in [0.05, 0.1) is 11.9 Å². The van der Waals surface area contributed by atoms with Gasteiger partial charge in [0.15, 0.2) is 5.65 Å². The molecule has 3 heterocycles. The Bertz CT molecular complexity index is 1210. The molecule has 1 aromatic carbocycles. The number of unbranched alkanes of at least 4 members (excludes halogenated alkanes) is 1. The van der Waals surface area contributed by atoms with Crippen molar-refractivity contribution in [1.82, 2.24) is 24.4 Å². The Labute approximate surface area is 212 Å². The largest absolute Gasteiger partial charge is 0.465 e. The van der Waals surface area contributed by atoms with E-state index in [1.807, 2.05) is 66.6 Å². The Morgan fingerprint density at radius 2 is 1.81 bits per heavy atom. The van der Waals surface area contributed by atoms with Crippen LogP contribution in [-0.2, 0) is 0 Å². The SMILES string of the molecule is CCCCNc1ccc2ncc(-c3ccc(C(=O)N4CCC(N(C(=O)O)C(C)(C)C)CC4)cc3)n2n1. The fourth-order valence-corrected chi connectivity index (χ4v) is 4.84. The number of aromatic nitrogens is 3. The van der Waals surface area contributed by atoms with Crippen LogP contribution in [0.1, 0.15) is 63.7 Å². The maximum absolute atomic E-state index is 13.1. The number of hydrogen-bond acceptors (Lipinski definition) is 5. The number of imidazole rings is 1. The van der Waals surface area contributed by atoms with E-state index in [-0.39, 0.29) is 11.9 Å². The van der Waals surface area contributed by atoms with Crippen LogP contribution in [0.4, 0.5) is 10.6 Å². The van der Waals surface area contributed by atoms with Gasteiger partial charge in [-0.15, -0.1) is 5.10 Å². The summed E-state index contributed by atoms with van der Waals surface area (Å²) >= 11 is 0. The van der Waals surface area contributed by atoms with Gasteiger partial charge in [-0.1, -0.05) is 25.5 Å². The van der Waals surface area contributed by atoms with E-state index >= 15 is 0 Å². The van der Waals surface area contributed by atoms with Crippen LogP contribution in [0, 0.1) is 0 Å². The third kappa shape index (κ3) is 5.45. The van der Waals surface area contributed by atoms with Crippen molar-refractivity contribution in [2.24, 2.45) is 0 Å². The number of carbonyl (C=O) groups is 2. The van der Waals surface area contributed by atoms with Gasteiger partial charge in [-0.25, -0.2) is 14.3 Å². The molecular weight excluding hydrogens is 456 g/mol. The van der Waals surface area contributed by atoms with Crippen molar-refractivity contribution in [3.63, 3.8) is 0 Å². The lowest BCUT2D eigenvalue weighted by atomic mass is 9.96. The second-order valence-corrected chi connectivity index (χ2v) is 10.3. The van der Waals surface area contributed by atoms with Gasteiger partial charge >= 0.3 is 6.09 Å². The summed E-state index contributed by atoms with van der Waals surface area (Å²) in [5, 5.41) is 17.7. The fourth-order valence-electron chi connectivity index (χ4n) is 4.84. The first-order valence-electron chi connectivity index (χ1n) is 12.7. The lowest BCUT2D eigenvalue weighted by Gasteiger charge is -2.43. The zero-order valence-electron chi connectivity index (χ0n) is 21.6. The van der Waals surface area contributed by atoms with E-state index in [0.717, 1.165) is 42.1 Å². The van der Waals surface area contributed by atoms with Crippen LogP contribution in [0.3, 0.4) is 0 Å². The molecule has 2 aromatic heterocycles. The molecule has 192 valence electrons. The molecule has 4 rings (SSSR count). The van der Waals surface area contributed by atoms with Crippen LogP contribution >= 0.6 is 0 Å². The van der Waals surface area contributed by atoms with Crippen molar-refractivity contribution in [3.8, 4) is 11.3 Å². The predicted molar refractivity (Wildman–Crippen MR) is 140 cm³/mol. The van der Waals surface area contributed by atoms with Crippen molar-refractivity contribution in [1.29, 1.82) is 0 Å². The standard InChI is InChI=1S/C27H36N6O3/c1-5-6-15-28-23-11-12-24-29-18-22(33(24)30-23)19-7-9-20(10-8-19)25(34)31-16-13-21(14-17-31)32(26(35)36)27(2,3)4/h7-12,18,21H,5-6,13-17H2,1-4H3,(H,28,30)(H,35,36). The summed E-state index contributed by atoms with van der Waals surface area (Å²) in [5.41, 5.74) is 2.70. The topological polar surface area (TPSA) is 103 Å². The minimum atomic E-state index is -0.909. The number of carbonyl (C=O) groups excluding carboxylic acids is 1. The van der Waals surface area contributed by atoms with Gasteiger partial charge in [0, 0.05) is 42.3 Å².